The van der Waals surface area contributed by atoms with Gasteiger partial charge in [-0.25, -0.2) is 4.39 Å². The van der Waals surface area contributed by atoms with E-state index in [1.54, 1.807) is 0 Å². The number of rotatable bonds is 6. The average molecular weight is 283 g/mol. The number of halogens is 4. The van der Waals surface area contributed by atoms with Gasteiger partial charge in [-0.2, -0.15) is 13.2 Å². The first-order chi connectivity index (χ1) is 8.38. The summed E-state index contributed by atoms with van der Waals surface area (Å²) in [6, 6.07) is 4.01. The van der Waals surface area contributed by atoms with E-state index in [9.17, 15) is 17.6 Å². The molecule has 0 fully saturated rings. The molecule has 0 saturated carbocycles. The Morgan fingerprint density at radius 3 is 2.67 bits per heavy atom. The topological polar surface area (TPSA) is 35.2 Å². The molecule has 0 aliphatic rings. The molecule has 102 valence electrons. The van der Waals surface area contributed by atoms with Gasteiger partial charge in [0.1, 0.15) is 12.4 Å². The van der Waals surface area contributed by atoms with Crippen molar-refractivity contribution in [1.82, 2.24) is 0 Å². The van der Waals surface area contributed by atoms with Crippen LogP contribution in [0.15, 0.2) is 23.1 Å². The Morgan fingerprint density at radius 1 is 1.28 bits per heavy atom. The summed E-state index contributed by atoms with van der Waals surface area (Å²) in [5, 5.41) is 0. The third-order valence-electron chi connectivity index (χ3n) is 1.93. The number of thioether (sulfide) groups is 1. The molecule has 7 heteroatoms. The van der Waals surface area contributed by atoms with Crippen molar-refractivity contribution in [3.63, 3.8) is 0 Å². The molecule has 0 amide bonds. The van der Waals surface area contributed by atoms with Gasteiger partial charge in [0, 0.05) is 22.9 Å². The van der Waals surface area contributed by atoms with E-state index in [1.165, 1.54) is 30.0 Å². The van der Waals surface area contributed by atoms with Gasteiger partial charge in [0.15, 0.2) is 0 Å². The number of ether oxygens (including phenoxy) is 1. The molecular formula is C11H13F4NOS. The number of hydrogen-bond donors (Lipinski definition) is 1. The second-order valence-corrected chi connectivity index (χ2v) is 4.69. The van der Waals surface area contributed by atoms with E-state index >= 15 is 0 Å². The van der Waals surface area contributed by atoms with E-state index < -0.39 is 12.8 Å². The van der Waals surface area contributed by atoms with E-state index in [2.05, 4.69) is 4.74 Å². The Hall–Kier alpha value is -0.950. The Morgan fingerprint density at radius 2 is 2.00 bits per heavy atom. The van der Waals surface area contributed by atoms with Gasteiger partial charge in [0.05, 0.1) is 0 Å². The van der Waals surface area contributed by atoms with Gasteiger partial charge in [0.25, 0.3) is 0 Å². The average Bonchev–Trinajstić information content (AvgIpc) is 2.26. The van der Waals surface area contributed by atoms with Crippen molar-refractivity contribution in [3.8, 4) is 0 Å². The van der Waals surface area contributed by atoms with Crippen LogP contribution < -0.4 is 5.73 Å². The number of nitrogen functional groups attached to an aromatic ring is 1. The molecule has 1 rings (SSSR count). The lowest BCUT2D eigenvalue weighted by atomic mass is 10.3. The van der Waals surface area contributed by atoms with E-state index in [0.29, 0.717) is 22.8 Å². The molecule has 2 N–H and O–H groups in total. The molecule has 0 unspecified atom stereocenters. The highest BCUT2D eigenvalue weighted by molar-refractivity contribution is 7.99. The normalized spacial score (nSPS) is 11.8. The molecule has 0 aliphatic carbocycles. The van der Waals surface area contributed by atoms with E-state index in [1.807, 2.05) is 0 Å². The molecule has 0 saturated heterocycles. The zero-order valence-corrected chi connectivity index (χ0v) is 10.3. The van der Waals surface area contributed by atoms with Gasteiger partial charge in [-0.15, -0.1) is 11.8 Å². The molecule has 2 nitrogen and oxygen atoms in total. The van der Waals surface area contributed by atoms with Crippen molar-refractivity contribution in [2.45, 2.75) is 17.5 Å². The van der Waals surface area contributed by atoms with E-state index in [0.717, 1.165) is 0 Å². The summed E-state index contributed by atoms with van der Waals surface area (Å²) in [6.45, 7) is -1.22. The van der Waals surface area contributed by atoms with E-state index in [-0.39, 0.29) is 12.4 Å². The second-order valence-electron chi connectivity index (χ2n) is 3.55. The van der Waals surface area contributed by atoms with Crippen LogP contribution in [0.1, 0.15) is 6.42 Å². The Balaban J connectivity index is 2.20. The summed E-state index contributed by atoms with van der Waals surface area (Å²) in [5.74, 6) is 0.130. The summed E-state index contributed by atoms with van der Waals surface area (Å²) in [4.78, 5) is 0.589. The van der Waals surface area contributed by atoms with Gasteiger partial charge < -0.3 is 10.5 Å². The van der Waals surface area contributed by atoms with Crippen molar-refractivity contribution in [2.75, 3.05) is 24.7 Å². The highest BCUT2D eigenvalue weighted by atomic mass is 32.2. The quantitative estimate of drug-likeness (QED) is 0.376. The number of alkyl halides is 3. The minimum atomic E-state index is -4.29. The molecule has 0 bridgehead atoms. The maximum atomic E-state index is 12.9. The van der Waals surface area contributed by atoms with Gasteiger partial charge >= 0.3 is 6.18 Å². The predicted octanol–water partition coefficient (Wildman–Crippen LogP) is 3.47. The first kappa shape index (κ1) is 15.1. The first-order valence-corrected chi connectivity index (χ1v) is 6.19. The second kappa shape index (κ2) is 6.84. The number of nitrogens with two attached hydrogens (primary N) is 1. The molecular weight excluding hydrogens is 270 g/mol. The van der Waals surface area contributed by atoms with Crippen molar-refractivity contribution in [2.24, 2.45) is 0 Å². The van der Waals surface area contributed by atoms with Crippen molar-refractivity contribution in [1.29, 1.82) is 0 Å². The minimum Gasteiger partial charge on any atom is -0.398 e. The Bertz CT molecular complexity index is 384. The summed E-state index contributed by atoms with van der Waals surface area (Å²) in [5.41, 5.74) is 6.08. The Kier molecular flexibility index (Phi) is 5.74. The SMILES string of the molecule is Nc1ccc(F)cc1SCCCOCC(F)(F)F. The zero-order chi connectivity index (χ0) is 13.6. The van der Waals surface area contributed by atoms with Crippen LogP contribution in [-0.4, -0.2) is 25.1 Å². The molecule has 0 heterocycles. The van der Waals surface area contributed by atoms with Crippen molar-refractivity contribution in [3.05, 3.63) is 24.0 Å². The fourth-order valence-corrected chi connectivity index (χ4v) is 2.08. The lowest BCUT2D eigenvalue weighted by molar-refractivity contribution is -0.173. The van der Waals surface area contributed by atoms with Gasteiger partial charge in [-0.1, -0.05) is 0 Å². The van der Waals surface area contributed by atoms with Crippen LogP contribution in [0.4, 0.5) is 23.2 Å². The maximum Gasteiger partial charge on any atom is 0.411 e. The van der Waals surface area contributed by atoms with Gasteiger partial charge in [-0.3, -0.25) is 0 Å². The van der Waals surface area contributed by atoms with Crippen LogP contribution in [0.25, 0.3) is 0 Å². The third-order valence-corrected chi connectivity index (χ3v) is 3.09. The van der Waals surface area contributed by atoms with Gasteiger partial charge in [0.2, 0.25) is 0 Å². The van der Waals surface area contributed by atoms with Crippen LogP contribution >= 0.6 is 11.8 Å². The fourth-order valence-electron chi connectivity index (χ4n) is 1.16. The number of hydrogen-bond acceptors (Lipinski definition) is 3. The largest absolute Gasteiger partial charge is 0.411 e. The summed E-state index contributed by atoms with van der Waals surface area (Å²) >= 11 is 1.29. The summed E-state index contributed by atoms with van der Waals surface area (Å²) in [6.07, 6.45) is -3.85. The molecule has 0 atom stereocenters. The van der Waals surface area contributed by atoms with E-state index in [4.69, 9.17) is 5.73 Å². The summed E-state index contributed by atoms with van der Waals surface area (Å²) < 4.78 is 52.6. The molecule has 1 aromatic rings. The standard InChI is InChI=1S/C11H13F4NOS/c12-8-2-3-9(16)10(6-8)18-5-1-4-17-7-11(13,14)15/h2-3,6H,1,4-5,7,16H2. The molecule has 0 aromatic heterocycles. The number of benzene rings is 1. The lowest BCUT2D eigenvalue weighted by Gasteiger charge is -2.08. The Labute approximate surface area is 106 Å². The first-order valence-electron chi connectivity index (χ1n) is 5.21. The smallest absolute Gasteiger partial charge is 0.398 e. The zero-order valence-electron chi connectivity index (χ0n) is 9.47. The predicted molar refractivity (Wildman–Crippen MR) is 63.0 cm³/mol. The highest BCUT2D eigenvalue weighted by Gasteiger charge is 2.27. The van der Waals surface area contributed by atoms with Crippen LogP contribution in [0.2, 0.25) is 0 Å². The van der Waals surface area contributed by atoms with Crippen molar-refractivity contribution >= 4 is 17.4 Å². The molecule has 1 aromatic carbocycles. The van der Waals surface area contributed by atoms with Crippen LogP contribution in [0.5, 0.6) is 0 Å². The minimum absolute atomic E-state index is 0.0156. The monoisotopic (exact) mass is 283 g/mol. The molecule has 0 aliphatic heterocycles. The molecule has 18 heavy (non-hydrogen) atoms. The van der Waals surface area contributed by atoms with Crippen molar-refractivity contribution < 1.29 is 22.3 Å². The maximum absolute atomic E-state index is 12.9. The highest BCUT2D eigenvalue weighted by Crippen LogP contribution is 2.26. The van der Waals surface area contributed by atoms with Gasteiger partial charge in [-0.05, 0) is 24.6 Å². The molecule has 0 radical (unpaired) electrons. The van der Waals surface area contributed by atoms with Crippen LogP contribution in [-0.2, 0) is 4.74 Å². The third kappa shape index (κ3) is 6.11. The lowest BCUT2D eigenvalue weighted by Crippen LogP contribution is -2.17. The summed E-state index contributed by atoms with van der Waals surface area (Å²) in [7, 11) is 0. The van der Waals surface area contributed by atoms with Crippen LogP contribution in [0, 0.1) is 5.82 Å². The molecule has 0 spiro atoms. The number of anilines is 1. The fraction of sp³-hybridized carbons (Fsp3) is 0.455. The van der Waals surface area contributed by atoms with Crippen LogP contribution in [0.3, 0.4) is 0 Å².